The number of aromatic nitrogens is 2. The van der Waals surface area contributed by atoms with E-state index >= 15 is 0 Å². The Balaban J connectivity index is 1.85. The molecule has 144 valence electrons. The monoisotopic (exact) mass is 407 g/mol. The van der Waals surface area contributed by atoms with E-state index in [1.54, 1.807) is 29.9 Å². The minimum atomic E-state index is -3.10. The summed E-state index contributed by atoms with van der Waals surface area (Å²) in [5.74, 6) is -2.07. The van der Waals surface area contributed by atoms with Gasteiger partial charge in [0.25, 0.3) is 5.91 Å². The maximum Gasteiger partial charge on any atom is 0.387 e. The molecule has 5 rings (SSSR count). The minimum absolute atomic E-state index is 0.133. The van der Waals surface area contributed by atoms with E-state index in [1.165, 1.54) is 4.90 Å². The summed E-state index contributed by atoms with van der Waals surface area (Å²) in [6.45, 7) is -3.10. The predicted octanol–water partition coefficient (Wildman–Crippen LogP) is 4.39. The van der Waals surface area contributed by atoms with Gasteiger partial charge in [0.15, 0.2) is 0 Å². The van der Waals surface area contributed by atoms with Gasteiger partial charge in [0.05, 0.1) is 22.8 Å². The van der Waals surface area contributed by atoms with Gasteiger partial charge < -0.3 is 9.64 Å². The molecule has 2 atom stereocenters. The Labute approximate surface area is 162 Å². The van der Waals surface area contributed by atoms with Crippen LogP contribution in [0, 0.1) is 5.82 Å². The summed E-state index contributed by atoms with van der Waals surface area (Å²) >= 11 is 6.14. The number of carbonyl (C=O) groups excluding carboxylic acids is 1. The average Bonchev–Trinajstić information content (AvgIpc) is 3.15. The largest absolute Gasteiger partial charge is 0.434 e. The predicted molar refractivity (Wildman–Crippen MR) is 94.5 cm³/mol. The van der Waals surface area contributed by atoms with E-state index in [0.717, 1.165) is 17.7 Å². The first-order chi connectivity index (χ1) is 13.4. The van der Waals surface area contributed by atoms with E-state index in [0.29, 0.717) is 22.7 Å². The Morgan fingerprint density at radius 3 is 2.82 bits per heavy atom. The number of benzene rings is 1. The molecule has 0 saturated carbocycles. The van der Waals surface area contributed by atoms with E-state index < -0.39 is 30.3 Å². The zero-order valence-electron chi connectivity index (χ0n) is 14.5. The lowest BCUT2D eigenvalue weighted by atomic mass is 9.88. The van der Waals surface area contributed by atoms with Gasteiger partial charge in [-0.2, -0.15) is 13.9 Å². The van der Waals surface area contributed by atoms with Crippen molar-refractivity contribution in [1.29, 1.82) is 0 Å². The Morgan fingerprint density at radius 2 is 2.07 bits per heavy atom. The second-order valence-electron chi connectivity index (χ2n) is 6.91. The number of nitrogens with zero attached hydrogens (tertiary/aromatic N) is 3. The van der Waals surface area contributed by atoms with Crippen LogP contribution in [0.2, 0.25) is 5.02 Å². The van der Waals surface area contributed by atoms with Crippen molar-refractivity contribution in [2.75, 3.05) is 7.05 Å². The minimum Gasteiger partial charge on any atom is -0.434 e. The highest BCUT2D eigenvalue weighted by atomic mass is 35.5. The summed E-state index contributed by atoms with van der Waals surface area (Å²) in [5, 5.41) is 5.06. The number of amides is 1. The molecule has 28 heavy (non-hydrogen) atoms. The van der Waals surface area contributed by atoms with Crippen LogP contribution in [0.4, 0.5) is 13.2 Å². The Morgan fingerprint density at radius 1 is 1.29 bits per heavy atom. The topological polar surface area (TPSA) is 46.8 Å². The second kappa shape index (κ2) is 5.88. The highest BCUT2D eigenvalue weighted by molar-refractivity contribution is 6.30. The molecule has 2 unspecified atom stereocenters. The van der Waals surface area contributed by atoms with Crippen LogP contribution in [0.5, 0.6) is 5.75 Å². The lowest BCUT2D eigenvalue weighted by molar-refractivity contribution is -0.0506. The van der Waals surface area contributed by atoms with Gasteiger partial charge in [0, 0.05) is 35.3 Å². The molecule has 9 heteroatoms. The van der Waals surface area contributed by atoms with Crippen LogP contribution in [0.3, 0.4) is 0 Å². The van der Waals surface area contributed by atoms with E-state index in [2.05, 4.69) is 9.84 Å². The standard InChI is InChI=1S/C19H13ClF3N3O2/c1-25-12-7-9(14-11-6-8(20)4-5-26(11)24-17(12)14)15-13(28-19(22)23)3-2-10(21)16(15)18(25)27/h2-6,9,12,19H,7H2,1H3. The third kappa shape index (κ3) is 2.27. The summed E-state index contributed by atoms with van der Waals surface area (Å²) in [7, 11) is 1.56. The van der Waals surface area contributed by atoms with Crippen molar-refractivity contribution in [3.63, 3.8) is 0 Å². The van der Waals surface area contributed by atoms with Gasteiger partial charge in [-0.15, -0.1) is 0 Å². The van der Waals surface area contributed by atoms with Gasteiger partial charge in [-0.05, 0) is 30.7 Å². The smallest absolute Gasteiger partial charge is 0.387 e. The maximum absolute atomic E-state index is 14.7. The first-order valence-electron chi connectivity index (χ1n) is 8.59. The van der Waals surface area contributed by atoms with Crippen molar-refractivity contribution < 1.29 is 22.7 Å². The quantitative estimate of drug-likeness (QED) is 0.633. The number of hydrogen-bond donors (Lipinski definition) is 0. The molecule has 3 heterocycles. The molecule has 2 aliphatic rings. The molecule has 2 aromatic heterocycles. The molecular formula is C19H13ClF3N3O2. The highest BCUT2D eigenvalue weighted by Gasteiger charge is 2.47. The van der Waals surface area contributed by atoms with Crippen molar-refractivity contribution in [2.45, 2.75) is 25.0 Å². The summed E-state index contributed by atoms with van der Waals surface area (Å²) in [5.41, 5.74) is 1.99. The Bertz CT molecular complexity index is 1150. The molecule has 3 aromatic rings. The van der Waals surface area contributed by atoms with Crippen LogP contribution in [0.15, 0.2) is 30.5 Å². The zero-order valence-corrected chi connectivity index (χ0v) is 15.3. The SMILES string of the molecule is CN1C(=O)c2c(F)ccc(OC(F)F)c2C2CC1c1nn3ccc(Cl)cc3c12. The highest BCUT2D eigenvalue weighted by Crippen LogP contribution is 2.53. The van der Waals surface area contributed by atoms with Gasteiger partial charge in [-0.1, -0.05) is 11.6 Å². The summed E-state index contributed by atoms with van der Waals surface area (Å²) in [4.78, 5) is 14.4. The lowest BCUT2D eigenvalue weighted by Crippen LogP contribution is -2.30. The molecule has 1 aliphatic heterocycles. The molecule has 1 aliphatic carbocycles. The molecule has 0 fully saturated rings. The first-order valence-corrected chi connectivity index (χ1v) is 8.96. The van der Waals surface area contributed by atoms with Crippen LogP contribution in [-0.4, -0.2) is 34.1 Å². The van der Waals surface area contributed by atoms with Crippen molar-refractivity contribution in [3.8, 4) is 5.75 Å². The second-order valence-corrected chi connectivity index (χ2v) is 7.34. The van der Waals surface area contributed by atoms with Gasteiger partial charge in [0.1, 0.15) is 11.6 Å². The van der Waals surface area contributed by atoms with E-state index in [1.807, 2.05) is 0 Å². The van der Waals surface area contributed by atoms with Gasteiger partial charge in [0.2, 0.25) is 0 Å². The number of hydrogen-bond acceptors (Lipinski definition) is 3. The molecule has 0 radical (unpaired) electrons. The molecule has 2 bridgehead atoms. The van der Waals surface area contributed by atoms with Crippen LogP contribution in [0.1, 0.15) is 45.6 Å². The number of pyridine rings is 1. The van der Waals surface area contributed by atoms with Gasteiger partial charge >= 0.3 is 6.61 Å². The summed E-state index contributed by atoms with van der Waals surface area (Å²) in [6, 6.07) is 5.12. The Hall–Kier alpha value is -2.74. The van der Waals surface area contributed by atoms with Crippen molar-refractivity contribution >= 4 is 23.0 Å². The van der Waals surface area contributed by atoms with Crippen LogP contribution >= 0.6 is 11.6 Å². The van der Waals surface area contributed by atoms with Crippen LogP contribution in [-0.2, 0) is 0 Å². The molecule has 0 spiro atoms. The normalized spacial score (nSPS) is 20.5. The van der Waals surface area contributed by atoms with E-state index in [-0.39, 0.29) is 16.9 Å². The fraction of sp³-hybridized carbons (Fsp3) is 0.263. The molecule has 5 nitrogen and oxygen atoms in total. The fourth-order valence-corrected chi connectivity index (χ4v) is 4.53. The first kappa shape index (κ1) is 17.4. The van der Waals surface area contributed by atoms with Crippen molar-refractivity contribution in [1.82, 2.24) is 14.5 Å². The Kier molecular flexibility index (Phi) is 3.64. The summed E-state index contributed by atoms with van der Waals surface area (Å²) in [6.07, 6.45) is 2.09. The van der Waals surface area contributed by atoms with Crippen LogP contribution < -0.4 is 4.74 Å². The number of carbonyl (C=O) groups is 1. The lowest BCUT2D eigenvalue weighted by Gasteiger charge is -2.24. The average molecular weight is 408 g/mol. The third-order valence-electron chi connectivity index (χ3n) is 5.51. The zero-order chi connectivity index (χ0) is 19.7. The molecule has 1 aromatic carbocycles. The fourth-order valence-electron chi connectivity index (χ4n) is 4.37. The number of fused-ring (bicyclic) bond motifs is 9. The molecule has 0 N–H and O–H groups in total. The van der Waals surface area contributed by atoms with E-state index in [4.69, 9.17) is 11.6 Å². The molecule has 0 saturated heterocycles. The number of rotatable bonds is 2. The number of halogens is 4. The molecule has 1 amide bonds. The number of ether oxygens (including phenoxy) is 1. The third-order valence-corrected chi connectivity index (χ3v) is 5.74. The van der Waals surface area contributed by atoms with Crippen molar-refractivity contribution in [2.24, 2.45) is 0 Å². The van der Waals surface area contributed by atoms with Crippen LogP contribution in [0.25, 0.3) is 5.52 Å². The van der Waals surface area contributed by atoms with E-state index in [9.17, 15) is 18.0 Å². The number of alkyl halides is 2. The molecular weight excluding hydrogens is 395 g/mol. The maximum atomic E-state index is 14.7. The summed E-state index contributed by atoms with van der Waals surface area (Å²) < 4.78 is 47.0. The van der Waals surface area contributed by atoms with Crippen molar-refractivity contribution in [3.05, 3.63) is 63.7 Å². The van der Waals surface area contributed by atoms with Gasteiger partial charge in [-0.3, -0.25) is 4.79 Å². The van der Waals surface area contributed by atoms with Gasteiger partial charge in [-0.25, -0.2) is 8.91 Å².